The fourth-order valence-electron chi connectivity index (χ4n) is 1.45. The molecule has 0 aromatic heterocycles. The third-order valence-electron chi connectivity index (χ3n) is 2.39. The van der Waals surface area contributed by atoms with Crippen molar-refractivity contribution < 1.29 is 19.4 Å². The maximum atomic E-state index is 11.9. The Morgan fingerprint density at radius 3 is 2.50 bits per heavy atom. The number of hydrogen-bond acceptors (Lipinski definition) is 5. The number of ether oxygens (including phenoxy) is 1. The first kappa shape index (κ1) is 18.3. The smallest absolute Gasteiger partial charge is 0.408 e. The van der Waals surface area contributed by atoms with E-state index in [2.05, 4.69) is 5.32 Å². The highest BCUT2D eigenvalue weighted by atomic mass is 32.2. The summed E-state index contributed by atoms with van der Waals surface area (Å²) in [4.78, 5) is 23.5. The predicted molar refractivity (Wildman–Crippen MR) is 87.7 cm³/mol. The molecule has 0 bridgehead atoms. The third kappa shape index (κ3) is 7.28. The van der Waals surface area contributed by atoms with Gasteiger partial charge in [0.25, 0.3) is 0 Å². The van der Waals surface area contributed by atoms with Gasteiger partial charge in [-0.3, -0.25) is 4.79 Å². The summed E-state index contributed by atoms with van der Waals surface area (Å²) >= 11 is 0.991. The summed E-state index contributed by atoms with van der Waals surface area (Å²) in [5.41, 5.74) is -0.0101. The minimum absolute atomic E-state index is 0.106. The van der Waals surface area contributed by atoms with Crippen molar-refractivity contribution in [1.82, 2.24) is 5.32 Å². The van der Waals surface area contributed by atoms with Crippen LogP contribution in [0.1, 0.15) is 31.1 Å². The van der Waals surface area contributed by atoms with Crippen LogP contribution in [0.15, 0.2) is 41.8 Å². The maximum absolute atomic E-state index is 11.9. The largest absolute Gasteiger partial charge is 0.444 e. The second-order valence-electron chi connectivity index (χ2n) is 5.54. The molecule has 22 heavy (non-hydrogen) atoms. The fourth-order valence-corrected chi connectivity index (χ4v) is 2.12. The number of aliphatic hydroxyl groups excluding tert-OH is 1. The minimum atomic E-state index is -0.615. The van der Waals surface area contributed by atoms with Gasteiger partial charge >= 0.3 is 6.09 Å². The van der Waals surface area contributed by atoms with Crippen molar-refractivity contribution in [2.45, 2.75) is 32.4 Å². The van der Waals surface area contributed by atoms with E-state index in [4.69, 9.17) is 4.74 Å². The molecule has 0 aliphatic carbocycles. The average molecular weight is 323 g/mol. The molecule has 0 saturated carbocycles. The molecule has 0 heterocycles. The Morgan fingerprint density at radius 2 is 1.95 bits per heavy atom. The van der Waals surface area contributed by atoms with Gasteiger partial charge in [-0.25, -0.2) is 4.79 Å². The standard InChI is InChI=1S/C16H21NO4S/c1-16(2,3)21-15(20)17-13(11-18)9-10-22-14(19)12-7-5-4-6-8-12/h4-10,13,18H,11H2,1-3H3,(H,17,20)/b10-9-/t13-/m1/s1. The highest BCUT2D eigenvalue weighted by Gasteiger charge is 2.18. The van der Waals surface area contributed by atoms with Gasteiger partial charge in [0.1, 0.15) is 5.60 Å². The number of benzene rings is 1. The molecule has 120 valence electrons. The summed E-state index contributed by atoms with van der Waals surface area (Å²) in [7, 11) is 0. The van der Waals surface area contributed by atoms with E-state index in [0.29, 0.717) is 5.56 Å². The van der Waals surface area contributed by atoms with Gasteiger partial charge in [-0.2, -0.15) is 0 Å². The second kappa shape index (κ2) is 8.60. The Bertz CT molecular complexity index is 523. The Hall–Kier alpha value is -1.79. The molecular weight excluding hydrogens is 302 g/mol. The zero-order valence-corrected chi connectivity index (χ0v) is 13.7. The van der Waals surface area contributed by atoms with E-state index in [1.54, 1.807) is 56.5 Å². The van der Waals surface area contributed by atoms with Crippen LogP contribution in [0.25, 0.3) is 0 Å². The number of carbonyl (C=O) groups excluding carboxylic acids is 2. The SMILES string of the molecule is CC(C)(C)OC(=O)N[C@H](/C=C\SC(=O)c1ccccc1)CO. The molecular formula is C16H21NO4S. The molecule has 1 aromatic carbocycles. The van der Waals surface area contributed by atoms with Crippen LogP contribution in [0, 0.1) is 0 Å². The van der Waals surface area contributed by atoms with E-state index >= 15 is 0 Å². The summed E-state index contributed by atoms with van der Waals surface area (Å²) in [6.45, 7) is 4.98. The first-order valence-corrected chi connectivity index (χ1v) is 7.73. The summed E-state index contributed by atoms with van der Waals surface area (Å²) in [5.74, 6) is 0. The Labute approximate surface area is 134 Å². The van der Waals surface area contributed by atoms with Gasteiger partial charge in [-0.15, -0.1) is 0 Å². The van der Waals surface area contributed by atoms with Crippen molar-refractivity contribution >= 4 is 23.0 Å². The molecule has 0 unspecified atom stereocenters. The molecule has 0 fully saturated rings. The van der Waals surface area contributed by atoms with Gasteiger partial charge in [0.15, 0.2) is 0 Å². The van der Waals surface area contributed by atoms with Gasteiger partial charge in [0.2, 0.25) is 5.12 Å². The first-order chi connectivity index (χ1) is 10.3. The normalized spacial score (nSPS) is 12.9. The lowest BCUT2D eigenvalue weighted by molar-refractivity contribution is 0.0498. The topological polar surface area (TPSA) is 75.6 Å². The highest BCUT2D eigenvalue weighted by molar-refractivity contribution is 8.16. The van der Waals surface area contributed by atoms with Crippen molar-refractivity contribution in [3.05, 3.63) is 47.4 Å². The Kier molecular flexibility index (Phi) is 7.14. The molecule has 1 amide bonds. The Morgan fingerprint density at radius 1 is 1.32 bits per heavy atom. The van der Waals surface area contributed by atoms with E-state index < -0.39 is 17.7 Å². The molecule has 2 N–H and O–H groups in total. The van der Waals surface area contributed by atoms with Crippen LogP contribution < -0.4 is 5.32 Å². The van der Waals surface area contributed by atoms with Crippen LogP contribution in [-0.2, 0) is 4.74 Å². The number of rotatable bonds is 5. The lowest BCUT2D eigenvalue weighted by atomic mass is 10.2. The number of thioether (sulfide) groups is 1. The lowest BCUT2D eigenvalue weighted by Gasteiger charge is -2.21. The van der Waals surface area contributed by atoms with Crippen LogP contribution in [0.3, 0.4) is 0 Å². The molecule has 6 heteroatoms. The molecule has 0 radical (unpaired) electrons. The van der Waals surface area contributed by atoms with Gasteiger partial charge < -0.3 is 15.2 Å². The van der Waals surface area contributed by atoms with Gasteiger partial charge in [0, 0.05) is 5.56 Å². The van der Waals surface area contributed by atoms with Crippen molar-refractivity contribution in [3.8, 4) is 0 Å². The van der Waals surface area contributed by atoms with E-state index in [0.717, 1.165) is 11.8 Å². The van der Waals surface area contributed by atoms with Crippen LogP contribution in [-0.4, -0.2) is 34.6 Å². The molecule has 1 rings (SSSR count). The van der Waals surface area contributed by atoms with E-state index in [1.807, 2.05) is 6.07 Å². The number of alkyl carbamates (subject to hydrolysis) is 1. The molecule has 0 aliphatic rings. The molecule has 1 atom stereocenters. The van der Waals surface area contributed by atoms with E-state index in [1.165, 1.54) is 0 Å². The second-order valence-corrected chi connectivity index (χ2v) is 6.41. The highest BCUT2D eigenvalue weighted by Crippen LogP contribution is 2.13. The van der Waals surface area contributed by atoms with Crippen LogP contribution in [0.4, 0.5) is 4.79 Å². The monoisotopic (exact) mass is 323 g/mol. The molecule has 1 aromatic rings. The number of nitrogens with one attached hydrogen (secondary N) is 1. The van der Waals surface area contributed by atoms with Gasteiger partial charge in [-0.05, 0) is 26.2 Å². The van der Waals surface area contributed by atoms with Gasteiger partial charge in [0.05, 0.1) is 12.6 Å². The van der Waals surface area contributed by atoms with Gasteiger partial charge in [-0.1, -0.05) is 48.2 Å². The van der Waals surface area contributed by atoms with Crippen molar-refractivity contribution in [2.75, 3.05) is 6.61 Å². The van der Waals surface area contributed by atoms with Crippen molar-refractivity contribution in [2.24, 2.45) is 0 Å². The molecule has 0 spiro atoms. The van der Waals surface area contributed by atoms with Crippen molar-refractivity contribution in [1.29, 1.82) is 0 Å². The lowest BCUT2D eigenvalue weighted by Crippen LogP contribution is -2.39. The van der Waals surface area contributed by atoms with E-state index in [9.17, 15) is 14.7 Å². The molecule has 5 nitrogen and oxygen atoms in total. The Balaban J connectivity index is 2.48. The fraction of sp³-hybridized carbons (Fsp3) is 0.375. The number of carbonyl (C=O) groups is 2. The summed E-state index contributed by atoms with van der Waals surface area (Å²) in [6.07, 6.45) is 0.936. The van der Waals surface area contributed by atoms with E-state index in [-0.39, 0.29) is 11.7 Å². The van der Waals surface area contributed by atoms with Crippen LogP contribution >= 0.6 is 11.8 Å². The average Bonchev–Trinajstić information content (AvgIpc) is 2.45. The predicted octanol–water partition coefficient (Wildman–Crippen LogP) is 2.96. The van der Waals surface area contributed by atoms with Crippen LogP contribution in [0.5, 0.6) is 0 Å². The number of amides is 1. The molecule has 0 aliphatic heterocycles. The van der Waals surface area contributed by atoms with Crippen molar-refractivity contribution in [3.63, 3.8) is 0 Å². The first-order valence-electron chi connectivity index (χ1n) is 6.85. The number of hydrogen-bond donors (Lipinski definition) is 2. The summed E-state index contributed by atoms with van der Waals surface area (Å²) in [5, 5.41) is 13.2. The third-order valence-corrected chi connectivity index (χ3v) is 3.14. The quantitative estimate of drug-likeness (QED) is 0.871. The maximum Gasteiger partial charge on any atom is 0.408 e. The summed E-state index contributed by atoms with van der Waals surface area (Å²) in [6, 6.07) is 8.27. The van der Waals surface area contributed by atoms with Crippen LogP contribution in [0.2, 0.25) is 0 Å². The zero-order chi connectivity index (χ0) is 16.6. The minimum Gasteiger partial charge on any atom is -0.444 e. The summed E-state index contributed by atoms with van der Waals surface area (Å²) < 4.78 is 5.10. The zero-order valence-electron chi connectivity index (χ0n) is 12.9. The molecule has 0 saturated heterocycles. The number of aliphatic hydroxyl groups is 1.